The van der Waals surface area contributed by atoms with E-state index in [2.05, 4.69) is 6.58 Å². The van der Waals surface area contributed by atoms with Crippen LogP contribution in [0.25, 0.3) is 0 Å². The van der Waals surface area contributed by atoms with Crippen LogP contribution in [0.2, 0.25) is 0 Å². The van der Waals surface area contributed by atoms with Gasteiger partial charge in [-0.15, -0.1) is 0 Å². The van der Waals surface area contributed by atoms with Crippen molar-refractivity contribution in [3.63, 3.8) is 0 Å². The van der Waals surface area contributed by atoms with E-state index in [1.54, 1.807) is 12.1 Å². The molecular weight excluding hydrogens is 151 g/mol. The summed E-state index contributed by atoms with van der Waals surface area (Å²) in [7, 11) is 5.56. The van der Waals surface area contributed by atoms with E-state index >= 15 is 0 Å². The van der Waals surface area contributed by atoms with Crippen molar-refractivity contribution in [2.45, 2.75) is 0 Å². The highest BCUT2D eigenvalue weighted by Gasteiger charge is 1.98. The Morgan fingerprint density at radius 1 is 1.58 bits per heavy atom. The Labute approximate surface area is 72.9 Å². The van der Waals surface area contributed by atoms with Crippen LogP contribution < -0.4 is 10.2 Å². The molecule has 1 rings (SSSR count). The lowest BCUT2D eigenvalue weighted by molar-refractivity contribution is 0.363. The molecule has 0 heterocycles. The number of hydrogen-bond acceptors (Lipinski definition) is 2. The van der Waals surface area contributed by atoms with Gasteiger partial charge in [-0.2, -0.15) is 0 Å². The van der Waals surface area contributed by atoms with Crippen molar-refractivity contribution < 1.29 is 9.84 Å². The Bertz CT molecular complexity index is 284. The lowest BCUT2D eigenvalue weighted by Crippen LogP contribution is -2.08. The predicted octanol–water partition coefficient (Wildman–Crippen LogP) is 0.751. The second-order valence-electron chi connectivity index (χ2n) is 2.32. The van der Waals surface area contributed by atoms with Crippen molar-refractivity contribution in [1.82, 2.24) is 0 Å². The van der Waals surface area contributed by atoms with Crippen molar-refractivity contribution >= 4 is 13.3 Å². The molecule has 1 aromatic carbocycles. The van der Waals surface area contributed by atoms with Crippen LogP contribution in [0.3, 0.4) is 0 Å². The summed E-state index contributed by atoms with van der Waals surface area (Å²) in [4.78, 5) is 0. The number of ether oxygens (including phenoxy) is 1. The van der Waals surface area contributed by atoms with Gasteiger partial charge in [0.1, 0.15) is 26.0 Å². The van der Waals surface area contributed by atoms with E-state index in [1.165, 1.54) is 12.1 Å². The van der Waals surface area contributed by atoms with E-state index in [0.717, 1.165) is 0 Å². The summed E-state index contributed by atoms with van der Waals surface area (Å²) in [5, 5.41) is 9.08. The molecule has 0 bridgehead atoms. The summed E-state index contributed by atoms with van der Waals surface area (Å²) < 4.78 is 5.16. The first kappa shape index (κ1) is 8.72. The van der Waals surface area contributed by atoms with Gasteiger partial charge in [-0.05, 0) is 6.07 Å². The van der Waals surface area contributed by atoms with Crippen LogP contribution in [-0.4, -0.2) is 19.6 Å². The summed E-state index contributed by atoms with van der Waals surface area (Å²) in [5.41, 5.74) is 0.509. The standard InChI is InChI=1S/C9H9BO2/c1-2-5-12-9-6-7(11)3-4-8(9)10/h2-4,6,11H,1,5H2. The molecule has 0 spiro atoms. The van der Waals surface area contributed by atoms with Gasteiger partial charge in [0.15, 0.2) is 0 Å². The lowest BCUT2D eigenvalue weighted by Gasteiger charge is -2.06. The van der Waals surface area contributed by atoms with E-state index in [9.17, 15) is 0 Å². The number of aromatic hydroxyl groups is 1. The third-order valence-corrected chi connectivity index (χ3v) is 1.35. The summed E-state index contributed by atoms with van der Waals surface area (Å²) >= 11 is 0. The molecule has 0 aliphatic rings. The zero-order valence-electron chi connectivity index (χ0n) is 6.66. The highest BCUT2D eigenvalue weighted by molar-refractivity contribution is 6.34. The van der Waals surface area contributed by atoms with E-state index in [1.807, 2.05) is 0 Å². The second kappa shape index (κ2) is 3.86. The number of phenols is 1. The minimum Gasteiger partial charge on any atom is -0.508 e. The average Bonchev–Trinajstić information content (AvgIpc) is 2.07. The average molecular weight is 160 g/mol. The van der Waals surface area contributed by atoms with E-state index in [4.69, 9.17) is 17.7 Å². The molecule has 0 atom stereocenters. The van der Waals surface area contributed by atoms with Gasteiger partial charge in [-0.3, -0.25) is 0 Å². The van der Waals surface area contributed by atoms with Crippen molar-refractivity contribution in [1.29, 1.82) is 0 Å². The minimum absolute atomic E-state index is 0.142. The number of rotatable bonds is 3. The predicted molar refractivity (Wildman–Crippen MR) is 49.2 cm³/mol. The molecule has 60 valence electrons. The zero-order chi connectivity index (χ0) is 8.97. The molecule has 3 heteroatoms. The monoisotopic (exact) mass is 160 g/mol. The van der Waals surface area contributed by atoms with Gasteiger partial charge in [-0.1, -0.05) is 24.2 Å². The van der Waals surface area contributed by atoms with Crippen molar-refractivity contribution in [2.75, 3.05) is 6.61 Å². The molecule has 12 heavy (non-hydrogen) atoms. The summed E-state index contributed by atoms with van der Waals surface area (Å²) in [6.45, 7) is 3.88. The first-order valence-corrected chi connectivity index (χ1v) is 3.56. The molecule has 0 saturated carbocycles. The quantitative estimate of drug-likeness (QED) is 0.522. The molecule has 0 fully saturated rings. The fraction of sp³-hybridized carbons (Fsp3) is 0.111. The van der Waals surface area contributed by atoms with Gasteiger partial charge in [0.2, 0.25) is 0 Å². The molecule has 0 aliphatic carbocycles. The number of hydrogen-bond donors (Lipinski definition) is 1. The van der Waals surface area contributed by atoms with Crippen molar-refractivity contribution in [2.24, 2.45) is 0 Å². The third kappa shape index (κ3) is 2.05. The van der Waals surface area contributed by atoms with Gasteiger partial charge >= 0.3 is 0 Å². The van der Waals surface area contributed by atoms with E-state index < -0.39 is 0 Å². The van der Waals surface area contributed by atoms with Gasteiger partial charge in [0.05, 0.1) is 0 Å². The SMILES string of the molecule is [B]c1ccc(O)cc1OCC=C. The molecule has 2 nitrogen and oxygen atoms in total. The van der Waals surface area contributed by atoms with Gasteiger partial charge in [0, 0.05) is 6.07 Å². The Balaban J connectivity index is 2.82. The molecule has 0 amide bonds. The topological polar surface area (TPSA) is 29.5 Å². The largest absolute Gasteiger partial charge is 0.508 e. The molecule has 0 aromatic heterocycles. The maximum absolute atomic E-state index is 9.08. The zero-order valence-corrected chi connectivity index (χ0v) is 6.66. The molecule has 1 N–H and O–H groups in total. The normalized spacial score (nSPS) is 9.33. The fourth-order valence-electron chi connectivity index (χ4n) is 0.797. The summed E-state index contributed by atoms with van der Waals surface area (Å²) in [6, 6.07) is 4.57. The van der Waals surface area contributed by atoms with Crippen LogP contribution in [0.1, 0.15) is 0 Å². The maximum Gasteiger partial charge on any atom is 0.119 e. The lowest BCUT2D eigenvalue weighted by atomic mass is 9.95. The Kier molecular flexibility index (Phi) is 2.80. The minimum atomic E-state index is 0.142. The molecular formula is C9H9BO2. The smallest absolute Gasteiger partial charge is 0.119 e. The highest BCUT2D eigenvalue weighted by Crippen LogP contribution is 2.14. The van der Waals surface area contributed by atoms with Gasteiger partial charge < -0.3 is 9.84 Å². The third-order valence-electron chi connectivity index (χ3n) is 1.35. The van der Waals surface area contributed by atoms with Gasteiger partial charge in [-0.25, -0.2) is 0 Å². The summed E-state index contributed by atoms with van der Waals surface area (Å²) in [6.07, 6.45) is 1.61. The summed E-state index contributed by atoms with van der Waals surface area (Å²) in [5.74, 6) is 0.623. The molecule has 1 aromatic rings. The molecule has 0 aliphatic heterocycles. The fourth-order valence-corrected chi connectivity index (χ4v) is 0.797. The molecule has 0 saturated heterocycles. The van der Waals surface area contributed by atoms with Crippen LogP contribution in [0, 0.1) is 0 Å². The van der Waals surface area contributed by atoms with Crippen molar-refractivity contribution in [3.05, 3.63) is 30.9 Å². The number of benzene rings is 1. The van der Waals surface area contributed by atoms with E-state index in [-0.39, 0.29) is 5.75 Å². The maximum atomic E-state index is 9.08. The van der Waals surface area contributed by atoms with Crippen LogP contribution in [0.15, 0.2) is 30.9 Å². The van der Waals surface area contributed by atoms with Crippen LogP contribution >= 0.6 is 0 Å². The Morgan fingerprint density at radius 3 is 3.00 bits per heavy atom. The van der Waals surface area contributed by atoms with Crippen LogP contribution in [0.4, 0.5) is 0 Å². The van der Waals surface area contributed by atoms with Crippen LogP contribution in [0.5, 0.6) is 11.5 Å². The second-order valence-corrected chi connectivity index (χ2v) is 2.32. The Hall–Kier alpha value is -1.38. The first-order valence-electron chi connectivity index (χ1n) is 3.56. The van der Waals surface area contributed by atoms with E-state index in [0.29, 0.717) is 17.8 Å². The molecule has 0 unspecified atom stereocenters. The highest BCUT2D eigenvalue weighted by atomic mass is 16.5. The Morgan fingerprint density at radius 2 is 2.33 bits per heavy atom. The molecule has 2 radical (unpaired) electrons. The van der Waals surface area contributed by atoms with Crippen LogP contribution in [-0.2, 0) is 0 Å². The number of phenolic OH excluding ortho intramolecular Hbond substituents is 1. The van der Waals surface area contributed by atoms with Gasteiger partial charge in [0.25, 0.3) is 0 Å². The van der Waals surface area contributed by atoms with Crippen molar-refractivity contribution in [3.8, 4) is 11.5 Å². The first-order chi connectivity index (χ1) is 5.74.